The van der Waals surface area contributed by atoms with Crippen molar-refractivity contribution in [1.29, 1.82) is 0 Å². The van der Waals surface area contributed by atoms with E-state index < -0.39 is 0 Å². The van der Waals surface area contributed by atoms with Gasteiger partial charge in [0.15, 0.2) is 0 Å². The van der Waals surface area contributed by atoms with Gasteiger partial charge in [0, 0.05) is 33.0 Å². The number of hydrogen-bond acceptors (Lipinski definition) is 0. The van der Waals surface area contributed by atoms with E-state index >= 15 is 0 Å². The van der Waals surface area contributed by atoms with Gasteiger partial charge in [-0.1, -0.05) is 77.0 Å². The Morgan fingerprint density at radius 2 is 1.62 bits per heavy atom. The van der Waals surface area contributed by atoms with Crippen molar-refractivity contribution in [3.63, 3.8) is 0 Å². The minimum absolute atomic E-state index is 0.136. The molecule has 0 N–H and O–H groups in total. The van der Waals surface area contributed by atoms with Gasteiger partial charge in [-0.15, -0.1) is 0 Å². The van der Waals surface area contributed by atoms with Gasteiger partial charge in [-0.3, -0.25) is 0 Å². The zero-order chi connectivity index (χ0) is 18.5. The van der Waals surface area contributed by atoms with E-state index in [1.165, 1.54) is 0 Å². The normalized spacial score (nSPS) is 11.5. The molecule has 0 aliphatic heterocycles. The third-order valence-corrected chi connectivity index (χ3v) is 4.96. The Balaban J connectivity index is 1.77. The van der Waals surface area contributed by atoms with Crippen molar-refractivity contribution in [2.75, 3.05) is 0 Å². The van der Waals surface area contributed by atoms with E-state index in [0.717, 1.165) is 32.3 Å². The molecule has 3 rings (SSSR count). The van der Waals surface area contributed by atoms with Gasteiger partial charge in [0.2, 0.25) is 0 Å². The fourth-order valence-electron chi connectivity index (χ4n) is 2.70. The Morgan fingerprint density at radius 1 is 0.846 bits per heavy atom. The molecule has 0 amide bonds. The Hall–Kier alpha value is -1.91. The molecule has 130 valence electrons. The van der Waals surface area contributed by atoms with Crippen LogP contribution in [-0.2, 0) is 6.42 Å². The zero-order valence-electron chi connectivity index (χ0n) is 14.3. The van der Waals surface area contributed by atoms with Crippen molar-refractivity contribution in [1.82, 2.24) is 0 Å². The second-order valence-electron chi connectivity index (χ2n) is 6.10. The highest BCUT2D eigenvalue weighted by Gasteiger charge is 2.05. The van der Waals surface area contributed by atoms with E-state index in [-0.39, 0.29) is 5.92 Å². The van der Waals surface area contributed by atoms with E-state index in [4.69, 9.17) is 34.8 Å². The number of benzene rings is 3. The van der Waals surface area contributed by atoms with Gasteiger partial charge in [-0.05, 0) is 60.0 Å². The van der Waals surface area contributed by atoms with Crippen LogP contribution in [0, 0.1) is 11.8 Å². The van der Waals surface area contributed by atoms with Gasteiger partial charge in [-0.2, -0.15) is 0 Å². The first-order chi connectivity index (χ1) is 12.5. The average molecular weight is 400 g/mol. The Kier molecular flexibility index (Phi) is 6.28. The molecule has 0 radical (unpaired) electrons. The highest BCUT2D eigenvalue weighted by molar-refractivity contribution is 6.33. The van der Waals surface area contributed by atoms with Crippen molar-refractivity contribution in [2.45, 2.75) is 19.3 Å². The van der Waals surface area contributed by atoms with Crippen LogP contribution in [0.4, 0.5) is 0 Å². The lowest BCUT2D eigenvalue weighted by Gasteiger charge is -2.07. The van der Waals surface area contributed by atoms with Crippen LogP contribution in [0.1, 0.15) is 24.0 Å². The SMILES string of the molecule is C[C@@H](C#CCc1ccc(Cl)c(-c2ccc(Cl)cc2)c1)c1cccc(Cl)c1. The predicted octanol–water partition coefficient (Wildman–Crippen LogP) is 7.66. The first-order valence-corrected chi connectivity index (χ1v) is 9.44. The smallest absolute Gasteiger partial charge is 0.0484 e. The molecule has 1 atom stereocenters. The lowest BCUT2D eigenvalue weighted by Crippen LogP contribution is -1.90. The Labute approximate surface area is 169 Å². The molecule has 0 nitrogen and oxygen atoms in total. The molecule has 0 aliphatic rings. The molecule has 0 saturated heterocycles. The Bertz CT molecular complexity index is 963. The predicted molar refractivity (Wildman–Crippen MR) is 113 cm³/mol. The average Bonchev–Trinajstić information content (AvgIpc) is 2.64. The Morgan fingerprint density at radius 3 is 2.35 bits per heavy atom. The van der Waals surface area contributed by atoms with Crippen LogP contribution in [-0.4, -0.2) is 0 Å². The molecule has 26 heavy (non-hydrogen) atoms. The topological polar surface area (TPSA) is 0 Å². The highest BCUT2D eigenvalue weighted by Crippen LogP contribution is 2.30. The first-order valence-electron chi connectivity index (χ1n) is 8.31. The summed E-state index contributed by atoms with van der Waals surface area (Å²) < 4.78 is 0. The van der Waals surface area contributed by atoms with Crippen LogP contribution < -0.4 is 0 Å². The van der Waals surface area contributed by atoms with Gasteiger partial charge < -0.3 is 0 Å². The van der Waals surface area contributed by atoms with E-state index in [0.29, 0.717) is 11.4 Å². The van der Waals surface area contributed by atoms with Crippen LogP contribution >= 0.6 is 34.8 Å². The minimum Gasteiger partial charge on any atom is -0.0979 e. The summed E-state index contributed by atoms with van der Waals surface area (Å²) in [5.74, 6) is 6.70. The number of halogens is 3. The summed E-state index contributed by atoms with van der Waals surface area (Å²) in [6.45, 7) is 2.08. The van der Waals surface area contributed by atoms with Crippen LogP contribution in [0.3, 0.4) is 0 Å². The summed E-state index contributed by atoms with van der Waals surface area (Å²) in [6, 6.07) is 21.5. The summed E-state index contributed by atoms with van der Waals surface area (Å²) in [5, 5.41) is 2.17. The maximum Gasteiger partial charge on any atom is 0.0484 e. The maximum absolute atomic E-state index is 6.37. The molecule has 0 spiro atoms. The maximum atomic E-state index is 6.37. The summed E-state index contributed by atoms with van der Waals surface area (Å²) in [6.07, 6.45) is 0.669. The van der Waals surface area contributed by atoms with E-state index in [1.54, 1.807) is 0 Å². The van der Waals surface area contributed by atoms with Crippen molar-refractivity contribution >= 4 is 34.8 Å². The highest BCUT2D eigenvalue weighted by atomic mass is 35.5. The molecular weight excluding hydrogens is 383 g/mol. The minimum atomic E-state index is 0.136. The number of hydrogen-bond donors (Lipinski definition) is 0. The van der Waals surface area contributed by atoms with Gasteiger partial charge in [0.25, 0.3) is 0 Å². The number of rotatable bonds is 3. The summed E-state index contributed by atoms with van der Waals surface area (Å²) in [4.78, 5) is 0. The molecular formula is C23H17Cl3. The van der Waals surface area contributed by atoms with Gasteiger partial charge in [-0.25, -0.2) is 0 Å². The molecule has 3 aromatic carbocycles. The summed E-state index contributed by atoms with van der Waals surface area (Å²) in [5.41, 5.74) is 4.29. The monoisotopic (exact) mass is 398 g/mol. The molecule has 0 fully saturated rings. The molecule has 0 saturated carbocycles. The van der Waals surface area contributed by atoms with E-state index in [2.05, 4.69) is 24.8 Å². The largest absolute Gasteiger partial charge is 0.0979 e. The van der Waals surface area contributed by atoms with Gasteiger partial charge in [0.1, 0.15) is 0 Å². The summed E-state index contributed by atoms with van der Waals surface area (Å²) in [7, 11) is 0. The van der Waals surface area contributed by atoms with Crippen LogP contribution in [0.5, 0.6) is 0 Å². The molecule has 3 heteroatoms. The standard InChI is InChI=1S/C23H17Cl3/c1-16(19-6-3-7-21(25)15-19)4-2-5-17-8-13-23(26)22(14-17)18-9-11-20(24)12-10-18/h3,6-16H,5H2,1H3/t16-/m0/s1. The van der Waals surface area contributed by atoms with E-state index in [9.17, 15) is 0 Å². The van der Waals surface area contributed by atoms with Gasteiger partial charge >= 0.3 is 0 Å². The molecule has 0 heterocycles. The molecule has 3 aromatic rings. The van der Waals surface area contributed by atoms with Crippen LogP contribution in [0.15, 0.2) is 66.7 Å². The van der Waals surface area contributed by atoms with Crippen molar-refractivity contribution in [3.8, 4) is 23.0 Å². The summed E-state index contributed by atoms with van der Waals surface area (Å²) >= 11 is 18.4. The van der Waals surface area contributed by atoms with Crippen molar-refractivity contribution in [2.24, 2.45) is 0 Å². The quantitative estimate of drug-likeness (QED) is 0.396. The fourth-order valence-corrected chi connectivity index (χ4v) is 3.25. The van der Waals surface area contributed by atoms with E-state index in [1.807, 2.05) is 60.7 Å². The zero-order valence-corrected chi connectivity index (χ0v) is 16.5. The fraction of sp³-hybridized carbons (Fsp3) is 0.130. The lowest BCUT2D eigenvalue weighted by molar-refractivity contribution is 1.00. The van der Waals surface area contributed by atoms with Gasteiger partial charge in [0.05, 0.1) is 0 Å². The third kappa shape index (κ3) is 4.83. The first kappa shape index (κ1) is 18.9. The van der Waals surface area contributed by atoms with Crippen LogP contribution in [0.2, 0.25) is 15.1 Å². The van der Waals surface area contributed by atoms with Crippen molar-refractivity contribution in [3.05, 3.63) is 92.9 Å². The molecule has 0 unspecified atom stereocenters. The molecule has 0 aromatic heterocycles. The van der Waals surface area contributed by atoms with Crippen LogP contribution in [0.25, 0.3) is 11.1 Å². The molecule has 0 aliphatic carbocycles. The second kappa shape index (κ2) is 8.65. The third-order valence-electron chi connectivity index (χ3n) is 4.15. The molecule has 0 bridgehead atoms. The second-order valence-corrected chi connectivity index (χ2v) is 7.38. The lowest BCUT2D eigenvalue weighted by atomic mass is 10.00. The van der Waals surface area contributed by atoms with Crippen molar-refractivity contribution < 1.29 is 0 Å².